The molecule has 0 saturated carbocycles. The molecule has 0 spiro atoms. The summed E-state index contributed by atoms with van der Waals surface area (Å²) in [6, 6.07) is 5.76. The van der Waals surface area contributed by atoms with Crippen LogP contribution in [0.5, 0.6) is 11.5 Å². The predicted octanol–water partition coefficient (Wildman–Crippen LogP) is 2.62. The van der Waals surface area contributed by atoms with Gasteiger partial charge in [0, 0.05) is 66.8 Å². The Kier molecular flexibility index (Phi) is 10.8. The maximum absolute atomic E-state index is 13.7. The Morgan fingerprint density at radius 3 is 2.00 bits per heavy atom. The second kappa shape index (κ2) is 15.0. The summed E-state index contributed by atoms with van der Waals surface area (Å²) in [5, 5.41) is 46.0. The molecule has 298 valence electrons. The maximum Gasteiger partial charge on any atom is 0.198 e. The fraction of sp³-hybridized carbons (Fsp3) is 0.600. The van der Waals surface area contributed by atoms with Crippen LogP contribution in [0.1, 0.15) is 109 Å². The molecule has 4 N–H and O–H groups in total. The first-order valence-corrected chi connectivity index (χ1v) is 18.8. The second-order valence-corrected chi connectivity index (χ2v) is 15.7. The highest BCUT2D eigenvalue weighted by molar-refractivity contribution is 6.30. The molecule has 7 rings (SSSR count). The van der Waals surface area contributed by atoms with E-state index in [9.17, 15) is 39.6 Å². The van der Waals surface area contributed by atoms with Gasteiger partial charge >= 0.3 is 0 Å². The van der Waals surface area contributed by atoms with Crippen molar-refractivity contribution >= 4 is 23.1 Å². The minimum atomic E-state index is -2.03. The van der Waals surface area contributed by atoms with Crippen LogP contribution in [0.4, 0.5) is 0 Å². The fourth-order valence-electron chi connectivity index (χ4n) is 8.65. The molecule has 3 fully saturated rings. The molecule has 0 aromatic heterocycles. The Morgan fingerprint density at radius 2 is 1.42 bits per heavy atom. The summed E-state index contributed by atoms with van der Waals surface area (Å²) < 4.78 is 37.2. The minimum Gasteiger partial charge on any atom is -0.507 e. The molecule has 15 nitrogen and oxygen atoms in total. The number of rotatable bonds is 8. The van der Waals surface area contributed by atoms with Crippen LogP contribution in [0.15, 0.2) is 24.3 Å². The number of Topliss-reactive ketones (excluding diaryl/α,β-unsaturated/α-hetero) is 2. The van der Waals surface area contributed by atoms with E-state index in [1.165, 1.54) is 19.1 Å². The normalized spacial score (nSPS) is 36.3. The predicted molar refractivity (Wildman–Crippen MR) is 191 cm³/mol. The molecule has 3 saturated heterocycles. The van der Waals surface area contributed by atoms with E-state index < -0.39 is 108 Å². The number of ether oxygens (including phenoxy) is 6. The number of fused-ring (bicyclic) bond motifs is 3. The lowest BCUT2D eigenvalue weighted by Crippen LogP contribution is -2.58. The summed E-state index contributed by atoms with van der Waals surface area (Å²) in [6.07, 6.45) is -7.41. The molecule has 2 aliphatic carbocycles. The first-order chi connectivity index (χ1) is 26.0. The molecule has 2 aromatic rings. The van der Waals surface area contributed by atoms with Gasteiger partial charge < -0.3 is 53.7 Å². The summed E-state index contributed by atoms with van der Waals surface area (Å²) in [5.41, 5.74) is -2.72. The van der Waals surface area contributed by atoms with E-state index in [0.717, 1.165) is 0 Å². The van der Waals surface area contributed by atoms with Crippen molar-refractivity contribution in [3.63, 3.8) is 0 Å². The van der Waals surface area contributed by atoms with Crippen molar-refractivity contribution in [2.75, 3.05) is 14.1 Å². The Balaban J connectivity index is 1.10. The second-order valence-electron chi connectivity index (χ2n) is 15.7. The number of phenols is 2. The molecule has 5 aliphatic rings. The largest absolute Gasteiger partial charge is 0.507 e. The van der Waals surface area contributed by atoms with Crippen LogP contribution in [0, 0.1) is 0 Å². The van der Waals surface area contributed by atoms with E-state index in [0.29, 0.717) is 12.8 Å². The molecule has 5 unspecified atom stereocenters. The molecule has 2 aromatic carbocycles. The zero-order chi connectivity index (χ0) is 39.7. The third-order valence-electron chi connectivity index (χ3n) is 11.7. The summed E-state index contributed by atoms with van der Waals surface area (Å²) in [6.45, 7) is 6.44. The van der Waals surface area contributed by atoms with Gasteiger partial charge in [0.15, 0.2) is 42.0 Å². The van der Waals surface area contributed by atoms with E-state index in [1.54, 1.807) is 32.9 Å². The summed E-state index contributed by atoms with van der Waals surface area (Å²) >= 11 is 0. The van der Waals surface area contributed by atoms with Gasteiger partial charge in [-0.2, -0.15) is 0 Å². The average molecular weight is 768 g/mol. The van der Waals surface area contributed by atoms with Gasteiger partial charge in [-0.25, -0.2) is 0 Å². The molecule has 15 heteroatoms. The number of benzene rings is 2. The summed E-state index contributed by atoms with van der Waals surface area (Å²) in [5.74, 6) is -3.10. The quantitative estimate of drug-likeness (QED) is 0.243. The number of likely N-dealkylation sites (N-methyl/N-ethyl adjacent to an activating group) is 1. The van der Waals surface area contributed by atoms with Crippen LogP contribution in [0.25, 0.3) is 0 Å². The third-order valence-corrected chi connectivity index (χ3v) is 11.7. The number of hydrogen-bond acceptors (Lipinski definition) is 15. The van der Waals surface area contributed by atoms with Crippen LogP contribution in [0.3, 0.4) is 0 Å². The SMILES string of the molecule is CC(=O)[C@]1(O)Cc2c(O)c3c(c(O)c2[C@@H](O[C@H]2CC(N(C)C)[C@H](O[C@H]4CC(O)[C@H](O[C@H]5CCC(=O)C(C)O5)C(C)O4)C(C)O2)C1)C(=O)c1ccccc1C3=O. The van der Waals surface area contributed by atoms with Crippen molar-refractivity contribution in [2.24, 2.45) is 0 Å². The van der Waals surface area contributed by atoms with Gasteiger partial charge in [-0.05, 0) is 41.8 Å². The van der Waals surface area contributed by atoms with E-state index in [1.807, 2.05) is 19.0 Å². The Labute approximate surface area is 318 Å². The average Bonchev–Trinajstić information content (AvgIpc) is 3.12. The number of nitrogens with zero attached hydrogens (tertiary/aromatic N) is 1. The van der Waals surface area contributed by atoms with Gasteiger partial charge in [-0.15, -0.1) is 0 Å². The fourth-order valence-corrected chi connectivity index (χ4v) is 8.65. The number of ketones is 4. The molecule has 12 atom stereocenters. The maximum atomic E-state index is 13.7. The van der Waals surface area contributed by atoms with Crippen molar-refractivity contribution < 1.29 is 68.0 Å². The van der Waals surface area contributed by atoms with E-state index in [4.69, 9.17) is 28.4 Å². The zero-order valence-corrected chi connectivity index (χ0v) is 31.7. The number of carbonyl (C=O) groups is 4. The monoisotopic (exact) mass is 767 g/mol. The number of phenolic OH excluding ortho intramolecular Hbond substituents is 2. The number of aliphatic hydroxyl groups is 2. The van der Waals surface area contributed by atoms with Crippen molar-refractivity contribution in [2.45, 2.75) is 139 Å². The lowest BCUT2D eigenvalue weighted by Gasteiger charge is -2.47. The Morgan fingerprint density at radius 1 is 0.836 bits per heavy atom. The number of carbonyl (C=O) groups excluding carboxylic acids is 4. The highest BCUT2D eigenvalue weighted by atomic mass is 16.7. The summed E-state index contributed by atoms with van der Waals surface area (Å²) in [7, 11) is 3.71. The first kappa shape index (κ1) is 39.6. The molecular formula is C40H49NO14. The molecule has 0 radical (unpaired) electrons. The Hall–Kier alpha value is -3.64. The van der Waals surface area contributed by atoms with Crippen LogP contribution in [-0.4, -0.2) is 130 Å². The number of aliphatic hydroxyl groups excluding tert-OH is 1. The summed E-state index contributed by atoms with van der Waals surface area (Å²) in [4.78, 5) is 54.0. The van der Waals surface area contributed by atoms with E-state index >= 15 is 0 Å². The lowest BCUT2D eigenvalue weighted by atomic mass is 9.72. The topological polar surface area (TPSA) is 208 Å². The molecular weight excluding hydrogens is 718 g/mol. The zero-order valence-electron chi connectivity index (χ0n) is 31.7. The molecule has 0 bridgehead atoms. The smallest absolute Gasteiger partial charge is 0.198 e. The van der Waals surface area contributed by atoms with Crippen LogP contribution in [-0.2, 0) is 44.4 Å². The molecule has 3 aliphatic heterocycles. The van der Waals surface area contributed by atoms with Crippen LogP contribution >= 0.6 is 0 Å². The van der Waals surface area contributed by atoms with E-state index in [2.05, 4.69) is 0 Å². The van der Waals surface area contributed by atoms with Crippen LogP contribution < -0.4 is 0 Å². The lowest BCUT2D eigenvalue weighted by molar-refractivity contribution is -0.324. The first-order valence-electron chi connectivity index (χ1n) is 18.8. The van der Waals surface area contributed by atoms with Gasteiger partial charge in [-0.1, -0.05) is 24.3 Å². The highest BCUT2D eigenvalue weighted by Gasteiger charge is 2.50. The number of hydrogen-bond donors (Lipinski definition) is 4. The van der Waals surface area contributed by atoms with Crippen molar-refractivity contribution in [3.8, 4) is 11.5 Å². The van der Waals surface area contributed by atoms with Crippen molar-refractivity contribution in [3.05, 3.63) is 57.6 Å². The van der Waals surface area contributed by atoms with Gasteiger partial charge in [0.05, 0.1) is 35.5 Å². The standard InChI is InChI=1S/C40H49NO14/c1-17-25(43)11-12-28(50-17)54-39-19(3)52-30(14-26(39)44)55-38-18(2)51-29(13-24(38)41(5)6)53-27-16-40(49,20(4)42)15-23-31(27)37(48)33-32(36(23)47)34(45)21-9-7-8-10-22(21)35(33)46/h7-10,17-19,24,26-30,38-39,44,47-49H,11-16H2,1-6H3/t17?,18?,19?,24?,26?,27-,28-,29-,30-,38+,39+,40-/m0/s1. The molecule has 55 heavy (non-hydrogen) atoms. The molecule has 0 amide bonds. The van der Waals surface area contributed by atoms with Crippen molar-refractivity contribution in [1.29, 1.82) is 0 Å². The van der Waals surface area contributed by atoms with Crippen LogP contribution in [0.2, 0.25) is 0 Å². The number of aromatic hydroxyl groups is 2. The van der Waals surface area contributed by atoms with Gasteiger partial charge in [0.1, 0.15) is 35.4 Å². The Bertz CT molecular complexity index is 1870. The van der Waals surface area contributed by atoms with Gasteiger partial charge in [0.25, 0.3) is 0 Å². The molecule has 3 heterocycles. The third kappa shape index (κ3) is 7.15. The van der Waals surface area contributed by atoms with E-state index in [-0.39, 0.29) is 58.9 Å². The van der Waals surface area contributed by atoms with Gasteiger partial charge in [-0.3, -0.25) is 19.2 Å². The van der Waals surface area contributed by atoms with Crippen molar-refractivity contribution in [1.82, 2.24) is 4.90 Å². The minimum absolute atomic E-state index is 0.00577. The van der Waals surface area contributed by atoms with Gasteiger partial charge in [0.2, 0.25) is 0 Å². The highest BCUT2D eigenvalue weighted by Crippen LogP contribution is 2.52.